The minimum atomic E-state index is -0.472. The second-order valence-electron chi connectivity index (χ2n) is 8.77. The van der Waals surface area contributed by atoms with E-state index in [1.54, 1.807) is 23.8 Å². The molecule has 1 saturated carbocycles. The lowest BCUT2D eigenvalue weighted by Crippen LogP contribution is -2.51. The van der Waals surface area contributed by atoms with Crippen LogP contribution in [0.2, 0.25) is 0 Å². The molecule has 0 bridgehead atoms. The maximum Gasteiger partial charge on any atom is 0.243 e. The van der Waals surface area contributed by atoms with Gasteiger partial charge in [-0.15, -0.1) is 11.8 Å². The van der Waals surface area contributed by atoms with Crippen LogP contribution in [0.1, 0.15) is 55.7 Å². The van der Waals surface area contributed by atoms with Crippen molar-refractivity contribution in [1.29, 1.82) is 0 Å². The average Bonchev–Trinajstić information content (AvgIpc) is 3.32. The molecule has 1 N–H and O–H groups in total. The van der Waals surface area contributed by atoms with Gasteiger partial charge in [0.1, 0.15) is 11.8 Å². The normalized spacial score (nSPS) is 14.6. The lowest BCUT2D eigenvalue weighted by Gasteiger charge is -2.31. The van der Waals surface area contributed by atoms with Crippen LogP contribution in [0, 0.1) is 6.92 Å². The number of hydrogen-bond acceptors (Lipinski definition) is 4. The van der Waals surface area contributed by atoms with E-state index in [0.717, 1.165) is 42.7 Å². The van der Waals surface area contributed by atoms with E-state index in [1.807, 2.05) is 37.3 Å². The lowest BCUT2D eigenvalue weighted by atomic mass is 10.1. The molecule has 5 nitrogen and oxygen atoms in total. The van der Waals surface area contributed by atoms with Crippen molar-refractivity contribution >= 4 is 23.6 Å². The van der Waals surface area contributed by atoms with Gasteiger partial charge in [-0.25, -0.2) is 0 Å². The molecule has 1 fully saturated rings. The molecule has 1 atom stereocenters. The molecular formula is C27H36N2O3S. The fraction of sp³-hybridized carbons (Fsp3) is 0.481. The molecule has 0 radical (unpaired) electrons. The van der Waals surface area contributed by atoms with Crippen LogP contribution < -0.4 is 10.1 Å². The van der Waals surface area contributed by atoms with E-state index >= 15 is 0 Å². The fourth-order valence-electron chi connectivity index (χ4n) is 4.36. The van der Waals surface area contributed by atoms with Crippen molar-refractivity contribution in [2.24, 2.45) is 0 Å². The van der Waals surface area contributed by atoms with Gasteiger partial charge in [-0.3, -0.25) is 9.59 Å². The highest BCUT2D eigenvalue weighted by molar-refractivity contribution is 7.99. The number of nitrogens with one attached hydrogen (secondary N) is 1. The zero-order valence-electron chi connectivity index (χ0n) is 20.0. The minimum absolute atomic E-state index is 0.00288. The zero-order valence-corrected chi connectivity index (χ0v) is 20.8. The molecular weight excluding hydrogens is 432 g/mol. The molecule has 0 unspecified atom stereocenters. The summed E-state index contributed by atoms with van der Waals surface area (Å²) in [6, 6.07) is 15.8. The number of rotatable bonds is 11. The smallest absolute Gasteiger partial charge is 0.243 e. The minimum Gasteiger partial charge on any atom is -0.497 e. The zero-order chi connectivity index (χ0) is 23.6. The van der Waals surface area contributed by atoms with Crippen LogP contribution in [-0.4, -0.2) is 41.7 Å². The first-order valence-corrected chi connectivity index (χ1v) is 13.0. The number of hydrogen-bond donors (Lipinski definition) is 1. The molecule has 0 aromatic heterocycles. The largest absolute Gasteiger partial charge is 0.497 e. The van der Waals surface area contributed by atoms with Gasteiger partial charge in [0.15, 0.2) is 0 Å². The molecule has 0 aliphatic heterocycles. The van der Waals surface area contributed by atoms with Gasteiger partial charge >= 0.3 is 0 Å². The molecule has 0 saturated heterocycles. The Balaban J connectivity index is 1.70. The number of methoxy groups -OCH3 is 1. The van der Waals surface area contributed by atoms with E-state index in [4.69, 9.17) is 4.74 Å². The van der Waals surface area contributed by atoms with E-state index in [2.05, 4.69) is 30.4 Å². The van der Waals surface area contributed by atoms with Gasteiger partial charge in [0, 0.05) is 18.3 Å². The summed E-state index contributed by atoms with van der Waals surface area (Å²) in [4.78, 5) is 28.3. The molecule has 2 aromatic carbocycles. The highest BCUT2D eigenvalue weighted by Gasteiger charge is 2.30. The van der Waals surface area contributed by atoms with Crippen LogP contribution >= 0.6 is 11.8 Å². The molecule has 0 heterocycles. The Morgan fingerprint density at radius 2 is 1.85 bits per heavy atom. The van der Waals surface area contributed by atoms with Crippen LogP contribution in [0.5, 0.6) is 5.75 Å². The summed E-state index contributed by atoms with van der Waals surface area (Å²) in [5.41, 5.74) is 3.41. The Bertz CT molecular complexity index is 910. The summed E-state index contributed by atoms with van der Waals surface area (Å²) in [6.45, 7) is 4.46. The second kappa shape index (κ2) is 12.7. The van der Waals surface area contributed by atoms with Crippen molar-refractivity contribution in [3.8, 4) is 5.75 Å². The molecule has 0 spiro atoms. The van der Waals surface area contributed by atoms with Crippen LogP contribution in [0.15, 0.2) is 48.5 Å². The maximum atomic E-state index is 13.4. The Labute approximate surface area is 202 Å². The number of ether oxygens (including phenoxy) is 1. The van der Waals surface area contributed by atoms with Gasteiger partial charge < -0.3 is 15.0 Å². The summed E-state index contributed by atoms with van der Waals surface area (Å²) in [5, 5.41) is 3.20. The maximum absolute atomic E-state index is 13.4. The molecule has 3 rings (SSSR count). The third kappa shape index (κ3) is 7.53. The van der Waals surface area contributed by atoms with Crippen molar-refractivity contribution in [2.45, 2.75) is 70.3 Å². The third-order valence-corrected chi connectivity index (χ3v) is 7.16. The number of aryl methyl sites for hydroxylation is 1. The molecule has 178 valence electrons. The SMILES string of the molecule is CC[C@@H](C(=O)NC1CCCC1)N(Cc1ccc(OC)cc1)C(=O)CSCc1cccc(C)c1. The number of amides is 2. The molecule has 2 amide bonds. The van der Waals surface area contributed by atoms with Gasteiger partial charge in [0.25, 0.3) is 0 Å². The van der Waals surface area contributed by atoms with E-state index in [9.17, 15) is 9.59 Å². The average molecular weight is 469 g/mol. The quantitative estimate of drug-likeness (QED) is 0.498. The standard InChI is InChI=1S/C27H36N2O3S/c1-4-25(27(31)28-23-10-5-6-11-23)29(17-21-12-14-24(32-3)15-13-21)26(30)19-33-18-22-9-7-8-20(2)16-22/h7-9,12-16,23,25H,4-6,10-11,17-19H2,1-3H3,(H,28,31)/t25-/m0/s1. The van der Waals surface area contributed by atoms with Crippen molar-refractivity contribution in [2.75, 3.05) is 12.9 Å². The Morgan fingerprint density at radius 1 is 1.12 bits per heavy atom. The Kier molecular flexibility index (Phi) is 9.67. The first-order chi connectivity index (χ1) is 16.0. The summed E-state index contributed by atoms with van der Waals surface area (Å²) in [7, 11) is 1.64. The van der Waals surface area contributed by atoms with Gasteiger partial charge in [0.2, 0.25) is 11.8 Å². The second-order valence-corrected chi connectivity index (χ2v) is 9.75. The molecule has 6 heteroatoms. The van der Waals surface area contributed by atoms with Crippen LogP contribution in [-0.2, 0) is 21.9 Å². The van der Waals surface area contributed by atoms with Crippen molar-refractivity contribution in [3.05, 3.63) is 65.2 Å². The van der Waals surface area contributed by atoms with Gasteiger partial charge in [-0.05, 0) is 49.4 Å². The summed E-state index contributed by atoms with van der Waals surface area (Å²) in [6.07, 6.45) is 4.96. The fourth-order valence-corrected chi connectivity index (χ4v) is 5.21. The van der Waals surface area contributed by atoms with Crippen LogP contribution in [0.4, 0.5) is 0 Å². The highest BCUT2D eigenvalue weighted by Crippen LogP contribution is 2.21. The van der Waals surface area contributed by atoms with Crippen molar-refractivity contribution in [1.82, 2.24) is 10.2 Å². The van der Waals surface area contributed by atoms with E-state index in [1.165, 1.54) is 11.1 Å². The third-order valence-electron chi connectivity index (χ3n) is 6.18. The van der Waals surface area contributed by atoms with Gasteiger partial charge in [0.05, 0.1) is 12.9 Å². The Morgan fingerprint density at radius 3 is 2.48 bits per heavy atom. The van der Waals surface area contributed by atoms with Crippen LogP contribution in [0.25, 0.3) is 0 Å². The molecule has 33 heavy (non-hydrogen) atoms. The molecule has 1 aliphatic rings. The number of carbonyl (C=O) groups excluding carboxylic acids is 2. The summed E-state index contributed by atoms with van der Waals surface area (Å²) >= 11 is 1.60. The van der Waals surface area contributed by atoms with Crippen molar-refractivity contribution in [3.63, 3.8) is 0 Å². The summed E-state index contributed by atoms with van der Waals surface area (Å²) in [5.74, 6) is 1.86. The topological polar surface area (TPSA) is 58.6 Å². The molecule has 1 aliphatic carbocycles. The van der Waals surface area contributed by atoms with Gasteiger partial charge in [-0.2, -0.15) is 0 Å². The Hall–Kier alpha value is -2.47. The predicted octanol–water partition coefficient (Wildman–Crippen LogP) is 5.10. The van der Waals surface area contributed by atoms with Gasteiger partial charge in [-0.1, -0.05) is 61.7 Å². The lowest BCUT2D eigenvalue weighted by molar-refractivity contribution is -0.139. The van der Waals surface area contributed by atoms with E-state index in [-0.39, 0.29) is 17.9 Å². The van der Waals surface area contributed by atoms with E-state index < -0.39 is 6.04 Å². The number of nitrogens with zero attached hydrogens (tertiary/aromatic N) is 1. The summed E-state index contributed by atoms with van der Waals surface area (Å²) < 4.78 is 5.26. The monoisotopic (exact) mass is 468 g/mol. The molecule has 2 aromatic rings. The first kappa shape index (κ1) is 25.2. The first-order valence-electron chi connectivity index (χ1n) is 11.9. The highest BCUT2D eigenvalue weighted by atomic mass is 32.2. The predicted molar refractivity (Wildman–Crippen MR) is 135 cm³/mol. The number of benzene rings is 2. The van der Waals surface area contributed by atoms with E-state index in [0.29, 0.717) is 18.7 Å². The van der Waals surface area contributed by atoms with Crippen molar-refractivity contribution < 1.29 is 14.3 Å². The number of carbonyl (C=O) groups is 2. The number of thioether (sulfide) groups is 1. The van der Waals surface area contributed by atoms with Crippen LogP contribution in [0.3, 0.4) is 0 Å².